The third kappa shape index (κ3) is 2.76. The molecule has 2 aliphatic rings. The van der Waals surface area contributed by atoms with Crippen LogP contribution in [0.5, 0.6) is 5.75 Å². The Labute approximate surface area is 157 Å². The van der Waals surface area contributed by atoms with Gasteiger partial charge in [0.15, 0.2) is 0 Å². The van der Waals surface area contributed by atoms with E-state index < -0.39 is 5.54 Å². The Hall–Kier alpha value is -3.21. The number of ether oxygens (including phenoxy) is 1. The number of benzene rings is 2. The summed E-state index contributed by atoms with van der Waals surface area (Å²) in [7, 11) is 1.57. The molecule has 0 radical (unpaired) electrons. The molecule has 0 bridgehead atoms. The quantitative estimate of drug-likeness (QED) is 0.505. The van der Waals surface area contributed by atoms with Crippen molar-refractivity contribution in [1.82, 2.24) is 5.43 Å². The third-order valence-corrected chi connectivity index (χ3v) is 5.15. The largest absolute Gasteiger partial charge is 0.497 e. The molecule has 1 unspecified atom stereocenters. The topological polar surface area (TPSA) is 67.8 Å². The van der Waals surface area contributed by atoms with E-state index in [9.17, 15) is 9.59 Å². The summed E-state index contributed by atoms with van der Waals surface area (Å²) in [4.78, 5) is 27.0. The number of hydrogen-bond acceptors (Lipinski definition) is 5. The maximum Gasteiger partial charge on any atom is 0.222 e. The van der Waals surface area contributed by atoms with Gasteiger partial charge in [0.1, 0.15) is 11.5 Å². The maximum atomic E-state index is 13.5. The molecule has 0 saturated heterocycles. The fraction of sp³-hybridized carbons (Fsp3) is 0.227. The van der Waals surface area contributed by atoms with Crippen molar-refractivity contribution in [2.24, 2.45) is 5.10 Å². The molecule has 2 aromatic carbocycles. The Balaban J connectivity index is 1.76. The highest BCUT2D eigenvalue weighted by atomic mass is 16.5. The lowest BCUT2D eigenvalue weighted by molar-refractivity contribution is -0.115. The summed E-state index contributed by atoms with van der Waals surface area (Å²) in [5.41, 5.74) is 3.74. The summed E-state index contributed by atoms with van der Waals surface area (Å²) in [5, 5.41) is 4.30. The van der Waals surface area contributed by atoms with Crippen LogP contribution in [0.4, 0.5) is 0 Å². The van der Waals surface area contributed by atoms with Crippen molar-refractivity contribution < 1.29 is 14.3 Å². The van der Waals surface area contributed by atoms with Crippen LogP contribution in [-0.4, -0.2) is 29.9 Å². The summed E-state index contributed by atoms with van der Waals surface area (Å²) < 4.78 is 5.17. The van der Waals surface area contributed by atoms with E-state index in [1.165, 1.54) is 0 Å². The molecule has 27 heavy (non-hydrogen) atoms. The number of allylic oxidation sites excluding steroid dienone is 1. The van der Waals surface area contributed by atoms with E-state index in [1.807, 2.05) is 36.4 Å². The maximum absolute atomic E-state index is 13.5. The molecule has 0 amide bonds. The first-order valence-electron chi connectivity index (χ1n) is 9.00. The van der Waals surface area contributed by atoms with E-state index in [2.05, 4.69) is 10.5 Å². The van der Waals surface area contributed by atoms with Crippen molar-refractivity contribution in [3.05, 3.63) is 77.4 Å². The van der Waals surface area contributed by atoms with Crippen LogP contribution in [0, 0.1) is 0 Å². The highest BCUT2D eigenvalue weighted by Crippen LogP contribution is 2.36. The molecule has 2 aromatic rings. The van der Waals surface area contributed by atoms with Crippen molar-refractivity contribution in [3.63, 3.8) is 0 Å². The van der Waals surface area contributed by atoms with E-state index in [0.29, 0.717) is 29.0 Å². The molecule has 1 aliphatic carbocycles. The highest BCUT2D eigenvalue weighted by Gasteiger charge is 2.54. The van der Waals surface area contributed by atoms with Crippen LogP contribution in [0.2, 0.25) is 0 Å². The molecule has 1 N–H and O–H groups in total. The molecule has 0 spiro atoms. The molecule has 0 fully saturated rings. The standard InChI is InChI=1S/C22H20N2O3/c1-27-18-13-11-16(12-14-18)20(25)22(17-9-5-6-10-17)21(26)19(23-24-22)15-7-3-2-4-8-15/h2-4,7-9,11-14,24H,5-6,10H2,1H3. The van der Waals surface area contributed by atoms with Crippen LogP contribution in [-0.2, 0) is 4.79 Å². The average molecular weight is 360 g/mol. The van der Waals surface area contributed by atoms with Gasteiger partial charge < -0.3 is 4.74 Å². The number of rotatable bonds is 5. The first-order chi connectivity index (χ1) is 13.2. The zero-order valence-corrected chi connectivity index (χ0v) is 15.1. The van der Waals surface area contributed by atoms with Crippen LogP contribution in [0.15, 0.2) is 71.3 Å². The molecule has 1 aliphatic heterocycles. The van der Waals surface area contributed by atoms with Crippen LogP contribution < -0.4 is 10.2 Å². The summed E-state index contributed by atoms with van der Waals surface area (Å²) in [6.07, 6.45) is 4.50. The van der Waals surface area contributed by atoms with Gasteiger partial charge in [-0.25, -0.2) is 0 Å². The number of methoxy groups -OCH3 is 1. The predicted molar refractivity (Wildman–Crippen MR) is 103 cm³/mol. The minimum atomic E-state index is -1.45. The Morgan fingerprint density at radius 1 is 1.11 bits per heavy atom. The summed E-state index contributed by atoms with van der Waals surface area (Å²) in [6.45, 7) is 0. The van der Waals surface area contributed by atoms with Gasteiger partial charge in [0.2, 0.25) is 17.1 Å². The van der Waals surface area contributed by atoms with Gasteiger partial charge in [-0.15, -0.1) is 0 Å². The molecule has 1 heterocycles. The SMILES string of the molecule is COc1ccc(C(=O)C2(C3=CCCC3)NN=C(c3ccccc3)C2=O)cc1. The van der Waals surface area contributed by atoms with Gasteiger partial charge in [-0.2, -0.15) is 5.10 Å². The molecule has 0 saturated carbocycles. The minimum absolute atomic E-state index is 0.280. The van der Waals surface area contributed by atoms with E-state index in [1.54, 1.807) is 31.4 Å². The van der Waals surface area contributed by atoms with Crippen molar-refractivity contribution in [3.8, 4) is 5.75 Å². The zero-order chi connectivity index (χ0) is 18.9. The lowest BCUT2D eigenvalue weighted by atomic mass is 9.77. The molecule has 1 atom stereocenters. The molecule has 136 valence electrons. The second-order valence-corrected chi connectivity index (χ2v) is 6.70. The van der Waals surface area contributed by atoms with E-state index in [4.69, 9.17) is 4.74 Å². The smallest absolute Gasteiger partial charge is 0.222 e. The summed E-state index contributed by atoms with van der Waals surface area (Å²) >= 11 is 0. The first-order valence-corrected chi connectivity index (χ1v) is 9.00. The number of carbonyl (C=O) groups excluding carboxylic acids is 2. The first kappa shape index (κ1) is 17.2. The number of nitrogens with zero attached hydrogens (tertiary/aromatic N) is 1. The molecule has 5 heteroatoms. The number of ketones is 2. The van der Waals surface area contributed by atoms with Crippen molar-refractivity contribution in [2.45, 2.75) is 24.8 Å². The molecule has 5 nitrogen and oxygen atoms in total. The molecular weight excluding hydrogens is 340 g/mol. The van der Waals surface area contributed by atoms with Gasteiger partial charge in [-0.3, -0.25) is 15.0 Å². The van der Waals surface area contributed by atoms with Crippen molar-refractivity contribution in [2.75, 3.05) is 7.11 Å². The Morgan fingerprint density at radius 2 is 1.85 bits per heavy atom. The van der Waals surface area contributed by atoms with Crippen LogP contribution >= 0.6 is 0 Å². The molecular formula is C22H20N2O3. The second-order valence-electron chi connectivity index (χ2n) is 6.70. The number of hydrogen-bond donors (Lipinski definition) is 1. The molecule has 4 rings (SSSR count). The van der Waals surface area contributed by atoms with Crippen LogP contribution in [0.25, 0.3) is 0 Å². The van der Waals surface area contributed by atoms with Gasteiger partial charge in [-0.05, 0) is 49.1 Å². The monoisotopic (exact) mass is 360 g/mol. The Bertz CT molecular complexity index is 945. The normalized spacial score (nSPS) is 21.4. The van der Waals surface area contributed by atoms with E-state index in [0.717, 1.165) is 18.4 Å². The zero-order valence-electron chi connectivity index (χ0n) is 15.1. The Kier molecular flexibility index (Phi) is 4.36. The summed E-state index contributed by atoms with van der Waals surface area (Å²) in [6, 6.07) is 16.1. The molecule has 0 aromatic heterocycles. The third-order valence-electron chi connectivity index (χ3n) is 5.15. The highest BCUT2D eigenvalue weighted by molar-refractivity contribution is 6.55. The number of carbonyl (C=O) groups is 2. The van der Waals surface area contributed by atoms with E-state index >= 15 is 0 Å². The number of hydrazone groups is 1. The Morgan fingerprint density at radius 3 is 2.48 bits per heavy atom. The van der Waals surface area contributed by atoms with Crippen LogP contribution in [0.3, 0.4) is 0 Å². The summed E-state index contributed by atoms with van der Waals surface area (Å²) in [5.74, 6) is 0.0910. The fourth-order valence-corrected chi connectivity index (χ4v) is 3.70. The number of Topliss-reactive ketones (excluding diaryl/α,β-unsaturated/α-hetero) is 2. The number of nitrogens with one attached hydrogen (secondary N) is 1. The lowest BCUT2D eigenvalue weighted by Crippen LogP contribution is -2.55. The van der Waals surface area contributed by atoms with Crippen molar-refractivity contribution >= 4 is 17.3 Å². The van der Waals surface area contributed by atoms with Gasteiger partial charge in [0.25, 0.3) is 0 Å². The average Bonchev–Trinajstić information content (AvgIpc) is 3.37. The van der Waals surface area contributed by atoms with Gasteiger partial charge >= 0.3 is 0 Å². The van der Waals surface area contributed by atoms with Crippen LogP contribution in [0.1, 0.15) is 35.2 Å². The lowest BCUT2D eigenvalue weighted by Gasteiger charge is -2.27. The van der Waals surface area contributed by atoms with E-state index in [-0.39, 0.29) is 11.6 Å². The minimum Gasteiger partial charge on any atom is -0.497 e. The second kappa shape index (κ2) is 6.83. The van der Waals surface area contributed by atoms with Gasteiger partial charge in [0.05, 0.1) is 7.11 Å². The van der Waals surface area contributed by atoms with Crippen molar-refractivity contribution in [1.29, 1.82) is 0 Å². The van der Waals surface area contributed by atoms with Gasteiger partial charge in [-0.1, -0.05) is 36.4 Å². The fourth-order valence-electron chi connectivity index (χ4n) is 3.70. The predicted octanol–water partition coefficient (Wildman–Crippen LogP) is 3.30. The van der Waals surface area contributed by atoms with Gasteiger partial charge in [0, 0.05) is 11.1 Å².